The van der Waals surface area contributed by atoms with Crippen LogP contribution in [0.5, 0.6) is 0 Å². The van der Waals surface area contributed by atoms with E-state index >= 15 is 0 Å². The van der Waals surface area contributed by atoms with Gasteiger partial charge < -0.3 is 15.1 Å². The van der Waals surface area contributed by atoms with Gasteiger partial charge in [-0.1, -0.05) is 12.5 Å². The highest BCUT2D eigenvalue weighted by molar-refractivity contribution is 6.04. The van der Waals surface area contributed by atoms with Gasteiger partial charge in [-0.25, -0.2) is 4.98 Å². The van der Waals surface area contributed by atoms with Gasteiger partial charge in [0.2, 0.25) is 0 Å². The number of rotatable bonds is 3. The van der Waals surface area contributed by atoms with E-state index in [0.29, 0.717) is 29.1 Å². The molecule has 5 rings (SSSR count). The molecule has 2 bridgehead atoms. The molecule has 0 radical (unpaired) electrons. The molecule has 3 heterocycles. The highest BCUT2D eigenvalue weighted by Crippen LogP contribution is 2.40. The monoisotopic (exact) mass is 325 g/mol. The molecule has 2 aromatic rings. The van der Waals surface area contributed by atoms with Crippen molar-refractivity contribution in [1.29, 1.82) is 0 Å². The Kier molecular flexibility index (Phi) is 3.37. The van der Waals surface area contributed by atoms with Crippen molar-refractivity contribution < 1.29 is 9.21 Å². The molecule has 0 spiro atoms. The molecule has 24 heavy (non-hydrogen) atoms. The Bertz CT molecular complexity index is 768. The molecule has 5 heteroatoms. The lowest BCUT2D eigenvalue weighted by Crippen LogP contribution is -2.54. The van der Waals surface area contributed by atoms with E-state index < -0.39 is 0 Å². The van der Waals surface area contributed by atoms with Gasteiger partial charge in [0.15, 0.2) is 11.5 Å². The lowest BCUT2D eigenvalue weighted by Gasteiger charge is -2.40. The standard InChI is InChI=1S/C19H23N3O2/c23-18(21-14-9-12-3-1-4-13(10-14)20-12)15-5-2-6-16-17(15)22-19(24-16)11-7-8-11/h2,5-6,11-14,20H,1,3-4,7-10H2,(H,21,23). The number of piperidine rings is 2. The third-order valence-electron chi connectivity index (χ3n) is 5.66. The number of oxazole rings is 1. The van der Waals surface area contributed by atoms with Gasteiger partial charge in [0.1, 0.15) is 5.52 Å². The summed E-state index contributed by atoms with van der Waals surface area (Å²) in [5.74, 6) is 1.24. The Morgan fingerprint density at radius 2 is 1.96 bits per heavy atom. The molecule has 2 N–H and O–H groups in total. The van der Waals surface area contributed by atoms with Crippen molar-refractivity contribution in [3.8, 4) is 0 Å². The smallest absolute Gasteiger partial charge is 0.253 e. The maximum atomic E-state index is 12.8. The Hall–Kier alpha value is -1.88. The van der Waals surface area contributed by atoms with Crippen LogP contribution in [0.4, 0.5) is 0 Å². The normalized spacial score (nSPS) is 29.6. The van der Waals surface area contributed by atoms with Crippen molar-refractivity contribution in [3.05, 3.63) is 29.7 Å². The first-order valence-electron chi connectivity index (χ1n) is 9.22. The minimum Gasteiger partial charge on any atom is -0.440 e. The summed E-state index contributed by atoms with van der Waals surface area (Å²) in [6.45, 7) is 0. The van der Waals surface area contributed by atoms with Crippen molar-refractivity contribution in [2.75, 3.05) is 0 Å². The lowest BCUT2D eigenvalue weighted by atomic mass is 9.84. The van der Waals surface area contributed by atoms with Crippen LogP contribution < -0.4 is 10.6 Å². The van der Waals surface area contributed by atoms with E-state index in [2.05, 4.69) is 15.6 Å². The second-order valence-corrected chi connectivity index (χ2v) is 7.61. The number of aromatic nitrogens is 1. The average Bonchev–Trinajstić information content (AvgIpc) is 3.33. The summed E-state index contributed by atoms with van der Waals surface area (Å²) >= 11 is 0. The summed E-state index contributed by atoms with van der Waals surface area (Å²) in [6, 6.07) is 7.04. The second kappa shape index (κ2) is 5.59. The van der Waals surface area contributed by atoms with Crippen molar-refractivity contribution in [2.24, 2.45) is 0 Å². The fourth-order valence-corrected chi connectivity index (χ4v) is 4.30. The van der Waals surface area contributed by atoms with Gasteiger partial charge in [-0.2, -0.15) is 0 Å². The van der Waals surface area contributed by atoms with Gasteiger partial charge >= 0.3 is 0 Å². The highest BCUT2D eigenvalue weighted by atomic mass is 16.3. The molecule has 1 aliphatic carbocycles. The van der Waals surface area contributed by atoms with Crippen LogP contribution in [0.15, 0.2) is 22.6 Å². The summed E-state index contributed by atoms with van der Waals surface area (Å²) < 4.78 is 5.83. The molecule has 1 saturated carbocycles. The molecular formula is C19H23N3O2. The number of hydrogen-bond acceptors (Lipinski definition) is 4. The van der Waals surface area contributed by atoms with Gasteiger partial charge in [0.05, 0.1) is 5.56 Å². The first-order valence-corrected chi connectivity index (χ1v) is 9.22. The number of hydrogen-bond donors (Lipinski definition) is 2. The van der Waals surface area contributed by atoms with E-state index in [1.54, 1.807) is 0 Å². The largest absolute Gasteiger partial charge is 0.440 e. The van der Waals surface area contributed by atoms with Gasteiger partial charge in [-0.05, 0) is 50.7 Å². The van der Waals surface area contributed by atoms with Gasteiger partial charge in [0.25, 0.3) is 5.91 Å². The molecule has 3 aliphatic rings. The summed E-state index contributed by atoms with van der Waals surface area (Å²) in [7, 11) is 0. The van der Waals surface area contributed by atoms with E-state index in [-0.39, 0.29) is 11.9 Å². The number of fused-ring (bicyclic) bond motifs is 3. The number of benzene rings is 1. The molecule has 2 unspecified atom stereocenters. The Morgan fingerprint density at radius 1 is 1.17 bits per heavy atom. The van der Waals surface area contributed by atoms with Crippen LogP contribution in [-0.2, 0) is 0 Å². The van der Waals surface area contributed by atoms with Crippen LogP contribution in [0.2, 0.25) is 0 Å². The van der Waals surface area contributed by atoms with Crippen molar-refractivity contribution in [3.63, 3.8) is 0 Å². The SMILES string of the molecule is O=C(NC1CC2CCCC(C1)N2)c1cccc2oc(C3CC3)nc12. The minimum absolute atomic E-state index is 0.0128. The molecule has 3 fully saturated rings. The van der Waals surface area contributed by atoms with Crippen molar-refractivity contribution in [1.82, 2.24) is 15.6 Å². The molecule has 1 aromatic heterocycles. The molecule has 1 aromatic carbocycles. The molecule has 126 valence electrons. The van der Waals surface area contributed by atoms with Crippen LogP contribution >= 0.6 is 0 Å². The Labute approximate surface area is 141 Å². The van der Waals surface area contributed by atoms with Crippen molar-refractivity contribution in [2.45, 2.75) is 69.0 Å². The number of carbonyl (C=O) groups is 1. The van der Waals surface area contributed by atoms with Crippen LogP contribution in [0.1, 0.15) is 67.1 Å². The van der Waals surface area contributed by atoms with Gasteiger partial charge in [-0.3, -0.25) is 4.79 Å². The average molecular weight is 325 g/mol. The number of carbonyl (C=O) groups excluding carboxylic acids is 1. The highest BCUT2D eigenvalue weighted by Gasteiger charge is 2.33. The summed E-state index contributed by atoms with van der Waals surface area (Å²) in [5, 5.41) is 6.92. The molecule has 1 amide bonds. The van der Waals surface area contributed by atoms with E-state index in [0.717, 1.165) is 37.2 Å². The molecule has 2 atom stereocenters. The predicted molar refractivity (Wildman–Crippen MR) is 91.0 cm³/mol. The number of nitrogens with one attached hydrogen (secondary N) is 2. The van der Waals surface area contributed by atoms with Crippen LogP contribution in [0.25, 0.3) is 11.1 Å². The molecule has 5 nitrogen and oxygen atoms in total. The summed E-state index contributed by atoms with van der Waals surface area (Å²) in [6.07, 6.45) is 8.12. The fraction of sp³-hybridized carbons (Fsp3) is 0.579. The third-order valence-corrected chi connectivity index (χ3v) is 5.66. The molecular weight excluding hydrogens is 302 g/mol. The zero-order chi connectivity index (χ0) is 16.1. The van der Waals surface area contributed by atoms with E-state index in [4.69, 9.17) is 4.42 Å². The van der Waals surface area contributed by atoms with Crippen LogP contribution in [-0.4, -0.2) is 29.0 Å². The van der Waals surface area contributed by atoms with Crippen molar-refractivity contribution >= 4 is 17.0 Å². The summed E-state index contributed by atoms with van der Waals surface area (Å²) in [5.41, 5.74) is 2.09. The number of amides is 1. The maximum absolute atomic E-state index is 12.8. The topological polar surface area (TPSA) is 67.2 Å². The number of para-hydroxylation sites is 1. The first-order chi connectivity index (χ1) is 11.8. The Morgan fingerprint density at radius 3 is 2.71 bits per heavy atom. The fourth-order valence-electron chi connectivity index (χ4n) is 4.30. The Balaban J connectivity index is 1.37. The van der Waals surface area contributed by atoms with E-state index in [1.807, 2.05) is 18.2 Å². The minimum atomic E-state index is -0.0128. The van der Waals surface area contributed by atoms with E-state index in [9.17, 15) is 4.79 Å². The van der Waals surface area contributed by atoms with Crippen LogP contribution in [0.3, 0.4) is 0 Å². The summed E-state index contributed by atoms with van der Waals surface area (Å²) in [4.78, 5) is 17.4. The first kappa shape index (κ1) is 14.5. The second-order valence-electron chi connectivity index (χ2n) is 7.61. The quantitative estimate of drug-likeness (QED) is 0.910. The van der Waals surface area contributed by atoms with Crippen LogP contribution in [0, 0.1) is 0 Å². The number of nitrogens with zero attached hydrogens (tertiary/aromatic N) is 1. The zero-order valence-electron chi connectivity index (χ0n) is 13.8. The maximum Gasteiger partial charge on any atom is 0.253 e. The lowest BCUT2D eigenvalue weighted by molar-refractivity contribution is 0.0908. The molecule has 2 aliphatic heterocycles. The third kappa shape index (κ3) is 2.61. The zero-order valence-corrected chi connectivity index (χ0v) is 13.8. The van der Waals surface area contributed by atoms with E-state index in [1.165, 1.54) is 19.3 Å². The predicted octanol–water partition coefficient (Wildman–Crippen LogP) is 3.11. The van der Waals surface area contributed by atoms with Gasteiger partial charge in [-0.15, -0.1) is 0 Å². The van der Waals surface area contributed by atoms with Gasteiger partial charge in [0, 0.05) is 24.0 Å². The molecule has 2 saturated heterocycles.